The lowest BCUT2D eigenvalue weighted by Gasteiger charge is -2.19. The Labute approximate surface area is 151 Å². The van der Waals surface area contributed by atoms with Crippen molar-refractivity contribution in [2.24, 2.45) is 5.92 Å². The highest BCUT2D eigenvalue weighted by Crippen LogP contribution is 2.34. The number of hydrogen-bond acceptors (Lipinski definition) is 5. The van der Waals surface area contributed by atoms with Crippen molar-refractivity contribution in [1.82, 2.24) is 15.1 Å². The van der Waals surface area contributed by atoms with Crippen molar-refractivity contribution in [3.63, 3.8) is 0 Å². The Bertz CT molecular complexity index is 808. The Hall–Kier alpha value is -2.28. The van der Waals surface area contributed by atoms with Crippen molar-refractivity contribution in [3.05, 3.63) is 46.9 Å². The molecule has 2 aliphatic rings. The van der Waals surface area contributed by atoms with Gasteiger partial charge in [-0.05, 0) is 36.6 Å². The number of nitrogens with zero attached hydrogens (tertiary/aromatic N) is 3. The van der Waals surface area contributed by atoms with Gasteiger partial charge in [0.2, 0.25) is 17.7 Å². The van der Waals surface area contributed by atoms with E-state index in [1.807, 2.05) is 11.8 Å². The number of hydrogen-bond donors (Lipinski definition) is 0. The van der Waals surface area contributed by atoms with E-state index in [9.17, 15) is 9.18 Å². The minimum Gasteiger partial charge on any atom is -0.426 e. The molecule has 0 spiro atoms. The van der Waals surface area contributed by atoms with Crippen LogP contribution < -0.4 is 0 Å². The molecule has 2 saturated heterocycles. The topological polar surface area (TPSA) is 68.5 Å². The number of fused-ring (bicyclic) bond motifs is 1. The summed E-state index contributed by atoms with van der Waals surface area (Å²) in [5.74, 6) is 1.31. The van der Waals surface area contributed by atoms with Crippen LogP contribution in [0.3, 0.4) is 0 Å². The van der Waals surface area contributed by atoms with Crippen molar-refractivity contribution in [1.29, 1.82) is 0 Å². The predicted octanol–water partition coefficient (Wildman–Crippen LogP) is 2.23. The molecular formula is C19H22FN3O3. The quantitative estimate of drug-likeness (QED) is 0.837. The summed E-state index contributed by atoms with van der Waals surface area (Å²) in [7, 11) is 0. The van der Waals surface area contributed by atoms with E-state index in [0.29, 0.717) is 43.6 Å². The SMILES string of the molecule is Cc1nnc(C[C@@H]2C[C@H]3CN(C(=O)Cc4ccc(F)cc4C)C[C@H]3O2)o1. The molecule has 138 valence electrons. The van der Waals surface area contributed by atoms with Crippen LogP contribution in [0.25, 0.3) is 0 Å². The number of ether oxygens (including phenoxy) is 1. The van der Waals surface area contributed by atoms with Crippen molar-refractivity contribution in [2.45, 2.75) is 45.3 Å². The van der Waals surface area contributed by atoms with Crippen LogP contribution in [0.4, 0.5) is 4.39 Å². The molecule has 0 saturated carbocycles. The minimum absolute atomic E-state index is 0.0708. The molecule has 2 aromatic rings. The van der Waals surface area contributed by atoms with E-state index in [4.69, 9.17) is 9.15 Å². The van der Waals surface area contributed by atoms with Gasteiger partial charge < -0.3 is 14.1 Å². The molecule has 1 amide bonds. The average Bonchev–Trinajstić information content (AvgIpc) is 3.25. The van der Waals surface area contributed by atoms with Crippen molar-refractivity contribution >= 4 is 5.91 Å². The second-order valence-electron chi connectivity index (χ2n) is 7.26. The fourth-order valence-electron chi connectivity index (χ4n) is 3.94. The Morgan fingerprint density at radius 1 is 1.31 bits per heavy atom. The van der Waals surface area contributed by atoms with E-state index in [-0.39, 0.29) is 23.9 Å². The zero-order valence-corrected chi connectivity index (χ0v) is 14.9. The summed E-state index contributed by atoms with van der Waals surface area (Å²) in [4.78, 5) is 14.5. The molecule has 1 aromatic heterocycles. The third kappa shape index (κ3) is 3.49. The van der Waals surface area contributed by atoms with E-state index in [0.717, 1.165) is 17.5 Å². The first-order valence-corrected chi connectivity index (χ1v) is 8.95. The second-order valence-corrected chi connectivity index (χ2v) is 7.26. The molecule has 3 heterocycles. The molecule has 0 bridgehead atoms. The summed E-state index contributed by atoms with van der Waals surface area (Å²) >= 11 is 0. The van der Waals surface area contributed by atoms with E-state index in [2.05, 4.69) is 10.2 Å². The Morgan fingerprint density at radius 3 is 2.85 bits per heavy atom. The summed E-state index contributed by atoms with van der Waals surface area (Å²) in [6.07, 6.45) is 1.96. The first kappa shape index (κ1) is 17.1. The highest BCUT2D eigenvalue weighted by molar-refractivity contribution is 5.79. The zero-order valence-electron chi connectivity index (χ0n) is 14.9. The fraction of sp³-hybridized carbons (Fsp3) is 0.526. The van der Waals surface area contributed by atoms with Gasteiger partial charge in [0.25, 0.3) is 0 Å². The lowest BCUT2D eigenvalue weighted by molar-refractivity contribution is -0.130. The summed E-state index contributed by atoms with van der Waals surface area (Å²) in [6.45, 7) is 4.93. The summed E-state index contributed by atoms with van der Waals surface area (Å²) in [5, 5.41) is 7.86. The molecule has 1 aromatic carbocycles. The lowest BCUT2D eigenvalue weighted by Crippen LogP contribution is -2.33. The van der Waals surface area contributed by atoms with Gasteiger partial charge in [0.15, 0.2) is 0 Å². The number of carbonyl (C=O) groups is 1. The van der Waals surface area contributed by atoms with Gasteiger partial charge >= 0.3 is 0 Å². The van der Waals surface area contributed by atoms with Crippen LogP contribution in [0, 0.1) is 25.6 Å². The number of amides is 1. The molecule has 7 heteroatoms. The van der Waals surface area contributed by atoms with Gasteiger partial charge in [-0.25, -0.2) is 4.39 Å². The number of aryl methyl sites for hydroxylation is 2. The van der Waals surface area contributed by atoms with Crippen LogP contribution >= 0.6 is 0 Å². The third-order valence-corrected chi connectivity index (χ3v) is 5.28. The van der Waals surface area contributed by atoms with Gasteiger partial charge in [-0.3, -0.25) is 4.79 Å². The van der Waals surface area contributed by atoms with Crippen LogP contribution in [0.2, 0.25) is 0 Å². The van der Waals surface area contributed by atoms with Crippen LogP contribution in [0.1, 0.15) is 29.3 Å². The Balaban J connectivity index is 1.32. The van der Waals surface area contributed by atoms with Gasteiger partial charge in [-0.2, -0.15) is 0 Å². The molecular weight excluding hydrogens is 337 g/mol. The van der Waals surface area contributed by atoms with Crippen LogP contribution in [0.5, 0.6) is 0 Å². The number of benzene rings is 1. The van der Waals surface area contributed by atoms with Crippen molar-refractivity contribution in [2.75, 3.05) is 13.1 Å². The third-order valence-electron chi connectivity index (χ3n) is 5.28. The average molecular weight is 359 g/mol. The highest BCUT2D eigenvalue weighted by Gasteiger charge is 2.43. The monoisotopic (exact) mass is 359 g/mol. The van der Waals surface area contributed by atoms with Gasteiger partial charge in [0.05, 0.1) is 25.0 Å². The fourth-order valence-corrected chi connectivity index (χ4v) is 3.94. The normalized spacial score (nSPS) is 24.9. The number of rotatable bonds is 4. The summed E-state index contributed by atoms with van der Waals surface area (Å²) in [6, 6.07) is 4.56. The van der Waals surface area contributed by atoms with Gasteiger partial charge in [-0.15, -0.1) is 10.2 Å². The van der Waals surface area contributed by atoms with Crippen LogP contribution in [-0.2, 0) is 22.4 Å². The molecule has 0 unspecified atom stereocenters. The predicted molar refractivity (Wildman–Crippen MR) is 90.9 cm³/mol. The highest BCUT2D eigenvalue weighted by atomic mass is 19.1. The van der Waals surface area contributed by atoms with Gasteiger partial charge in [0, 0.05) is 25.9 Å². The van der Waals surface area contributed by atoms with Crippen LogP contribution in [0.15, 0.2) is 22.6 Å². The maximum absolute atomic E-state index is 13.2. The van der Waals surface area contributed by atoms with E-state index < -0.39 is 0 Å². The van der Waals surface area contributed by atoms with Crippen LogP contribution in [-0.4, -0.2) is 46.3 Å². The number of halogens is 1. The minimum atomic E-state index is -0.273. The molecule has 4 rings (SSSR count). The van der Waals surface area contributed by atoms with E-state index in [1.54, 1.807) is 13.0 Å². The summed E-state index contributed by atoms with van der Waals surface area (Å²) < 4.78 is 24.7. The molecule has 0 N–H and O–H groups in total. The number of aromatic nitrogens is 2. The number of carbonyl (C=O) groups excluding carboxylic acids is 1. The van der Waals surface area contributed by atoms with E-state index in [1.165, 1.54) is 12.1 Å². The Kier molecular flexibility index (Phi) is 4.48. The maximum Gasteiger partial charge on any atom is 0.227 e. The first-order valence-electron chi connectivity index (χ1n) is 8.95. The zero-order chi connectivity index (χ0) is 18.3. The van der Waals surface area contributed by atoms with Gasteiger partial charge in [-0.1, -0.05) is 6.07 Å². The molecule has 2 aliphatic heterocycles. The molecule has 0 radical (unpaired) electrons. The molecule has 26 heavy (non-hydrogen) atoms. The lowest BCUT2D eigenvalue weighted by atomic mass is 10.0. The Morgan fingerprint density at radius 2 is 2.15 bits per heavy atom. The standard InChI is InChI=1S/C19H22FN3O3/c1-11-5-15(20)4-3-13(11)7-19(24)23-9-14-6-16(26-17(14)10-23)8-18-22-21-12(2)25-18/h3-5,14,16-17H,6-10H2,1-2H3/t14-,16-,17+/m0/s1. The van der Waals surface area contributed by atoms with Crippen molar-refractivity contribution in [3.8, 4) is 0 Å². The molecule has 2 fully saturated rings. The summed E-state index contributed by atoms with van der Waals surface area (Å²) in [5.41, 5.74) is 1.68. The number of likely N-dealkylation sites (tertiary alicyclic amines) is 1. The van der Waals surface area contributed by atoms with Gasteiger partial charge in [0.1, 0.15) is 5.82 Å². The molecule has 6 nitrogen and oxygen atoms in total. The first-order chi connectivity index (χ1) is 12.5. The molecule has 0 aliphatic carbocycles. The van der Waals surface area contributed by atoms with E-state index >= 15 is 0 Å². The molecule has 3 atom stereocenters. The maximum atomic E-state index is 13.2. The smallest absolute Gasteiger partial charge is 0.227 e. The largest absolute Gasteiger partial charge is 0.426 e. The second kappa shape index (κ2) is 6.79. The van der Waals surface area contributed by atoms with Crippen molar-refractivity contribution < 1.29 is 18.3 Å².